The highest BCUT2D eigenvalue weighted by Gasteiger charge is 2.42. The van der Waals surface area contributed by atoms with E-state index in [4.69, 9.17) is 0 Å². The Labute approximate surface area is 119 Å². The lowest BCUT2D eigenvalue weighted by Gasteiger charge is -2.52. The molecule has 98 valence electrons. The minimum Gasteiger partial charge on any atom is -0.370 e. The van der Waals surface area contributed by atoms with E-state index in [0.717, 1.165) is 0 Å². The third-order valence-electron chi connectivity index (χ3n) is 4.72. The van der Waals surface area contributed by atoms with E-state index in [1.807, 2.05) is 0 Å². The Bertz CT molecular complexity index is 425. The van der Waals surface area contributed by atoms with Crippen LogP contribution in [0, 0.1) is 12.3 Å². The first-order chi connectivity index (χ1) is 8.69. The molecule has 2 fully saturated rings. The second kappa shape index (κ2) is 4.88. The maximum absolute atomic E-state index is 3.55. The first kappa shape index (κ1) is 12.5. The average molecular weight is 308 g/mol. The van der Waals surface area contributed by atoms with Crippen molar-refractivity contribution in [1.82, 2.24) is 0 Å². The van der Waals surface area contributed by atoms with Crippen LogP contribution >= 0.6 is 15.9 Å². The lowest BCUT2D eigenvalue weighted by molar-refractivity contribution is 0.180. The maximum atomic E-state index is 3.55. The Morgan fingerprint density at radius 1 is 1.06 bits per heavy atom. The Morgan fingerprint density at radius 3 is 2.33 bits per heavy atom. The van der Waals surface area contributed by atoms with Gasteiger partial charge in [-0.3, -0.25) is 0 Å². The highest BCUT2D eigenvalue weighted by Crippen LogP contribution is 2.45. The molecule has 0 amide bonds. The van der Waals surface area contributed by atoms with Gasteiger partial charge in [-0.15, -0.1) is 0 Å². The monoisotopic (exact) mass is 307 g/mol. The zero-order valence-corrected chi connectivity index (χ0v) is 12.8. The average Bonchev–Trinajstić information content (AvgIpc) is 2.53. The minimum atomic E-state index is 0.663. The van der Waals surface area contributed by atoms with Gasteiger partial charge in [0.2, 0.25) is 0 Å². The van der Waals surface area contributed by atoms with Gasteiger partial charge < -0.3 is 4.90 Å². The van der Waals surface area contributed by atoms with Crippen LogP contribution in [0.3, 0.4) is 0 Å². The van der Waals surface area contributed by atoms with E-state index in [0.29, 0.717) is 5.41 Å². The van der Waals surface area contributed by atoms with Gasteiger partial charge in [0.1, 0.15) is 0 Å². The summed E-state index contributed by atoms with van der Waals surface area (Å²) in [5.41, 5.74) is 3.50. The van der Waals surface area contributed by atoms with Gasteiger partial charge in [0.25, 0.3) is 0 Å². The van der Waals surface area contributed by atoms with Gasteiger partial charge in [0.05, 0.1) is 0 Å². The number of halogens is 1. The van der Waals surface area contributed by atoms with Gasteiger partial charge in [0.15, 0.2) is 0 Å². The summed E-state index contributed by atoms with van der Waals surface area (Å²) in [6, 6.07) is 6.66. The molecule has 2 heteroatoms. The number of aryl methyl sites for hydroxylation is 1. The van der Waals surface area contributed by atoms with Crippen LogP contribution in [0.15, 0.2) is 22.7 Å². The zero-order valence-electron chi connectivity index (χ0n) is 11.2. The maximum Gasteiger partial charge on any atom is 0.0397 e. The number of anilines is 1. The lowest BCUT2D eigenvalue weighted by atomic mass is 9.73. The van der Waals surface area contributed by atoms with Crippen LogP contribution in [0.1, 0.15) is 44.1 Å². The van der Waals surface area contributed by atoms with Gasteiger partial charge in [-0.1, -0.05) is 41.6 Å². The predicted octanol–water partition coefficient (Wildman–Crippen LogP) is 4.92. The summed E-state index contributed by atoms with van der Waals surface area (Å²) in [6.07, 6.45) is 8.73. The number of benzene rings is 1. The van der Waals surface area contributed by atoms with Crippen LogP contribution in [-0.2, 0) is 0 Å². The molecule has 0 aromatic heterocycles. The summed E-state index contributed by atoms with van der Waals surface area (Å²) >= 11 is 3.55. The van der Waals surface area contributed by atoms with E-state index in [1.54, 1.807) is 0 Å². The molecule has 18 heavy (non-hydrogen) atoms. The molecule has 0 bridgehead atoms. The zero-order chi connectivity index (χ0) is 12.6. The van der Waals surface area contributed by atoms with Crippen LogP contribution in [0.2, 0.25) is 0 Å². The molecular formula is C16H22BrN. The molecule has 1 nitrogen and oxygen atoms in total. The van der Waals surface area contributed by atoms with E-state index in [-0.39, 0.29) is 0 Å². The van der Waals surface area contributed by atoms with Crippen molar-refractivity contribution in [3.63, 3.8) is 0 Å². The van der Waals surface area contributed by atoms with Crippen LogP contribution in [-0.4, -0.2) is 13.1 Å². The van der Waals surface area contributed by atoms with Crippen LogP contribution in [0.4, 0.5) is 5.69 Å². The number of hydrogen-bond donors (Lipinski definition) is 0. The molecule has 0 unspecified atom stereocenters. The fourth-order valence-corrected chi connectivity index (χ4v) is 4.18. The van der Waals surface area contributed by atoms with E-state index >= 15 is 0 Å². The molecule has 3 rings (SSSR count). The molecule has 1 saturated heterocycles. The highest BCUT2D eigenvalue weighted by atomic mass is 79.9. The molecule has 0 radical (unpaired) electrons. The van der Waals surface area contributed by atoms with E-state index in [9.17, 15) is 0 Å². The van der Waals surface area contributed by atoms with Crippen molar-refractivity contribution in [2.75, 3.05) is 18.0 Å². The Balaban J connectivity index is 1.70. The van der Waals surface area contributed by atoms with Gasteiger partial charge in [0, 0.05) is 28.7 Å². The third kappa shape index (κ3) is 2.32. The van der Waals surface area contributed by atoms with Crippen LogP contribution in [0.5, 0.6) is 0 Å². The van der Waals surface area contributed by atoms with Crippen LogP contribution in [0.25, 0.3) is 0 Å². The number of hydrogen-bond acceptors (Lipinski definition) is 1. The molecule has 1 aromatic carbocycles. The van der Waals surface area contributed by atoms with Crippen molar-refractivity contribution in [2.45, 2.75) is 45.4 Å². The minimum absolute atomic E-state index is 0.663. The topological polar surface area (TPSA) is 3.24 Å². The predicted molar refractivity (Wildman–Crippen MR) is 81.2 cm³/mol. The summed E-state index contributed by atoms with van der Waals surface area (Å²) in [5, 5.41) is 0. The quantitative estimate of drug-likeness (QED) is 0.712. The molecule has 1 saturated carbocycles. The summed E-state index contributed by atoms with van der Waals surface area (Å²) < 4.78 is 1.19. The molecule has 1 aliphatic carbocycles. The summed E-state index contributed by atoms with van der Waals surface area (Å²) in [4.78, 5) is 2.58. The van der Waals surface area contributed by atoms with Crippen LogP contribution < -0.4 is 4.90 Å². The smallest absolute Gasteiger partial charge is 0.0397 e. The van der Waals surface area contributed by atoms with E-state index in [1.165, 1.54) is 67.3 Å². The van der Waals surface area contributed by atoms with Crippen molar-refractivity contribution >= 4 is 21.6 Å². The molecule has 1 aliphatic heterocycles. The SMILES string of the molecule is Cc1cc(Br)ccc1N1CC2(CCCCCC2)C1. The van der Waals surface area contributed by atoms with Crippen molar-refractivity contribution in [1.29, 1.82) is 0 Å². The summed E-state index contributed by atoms with van der Waals surface area (Å²) in [5.74, 6) is 0. The highest BCUT2D eigenvalue weighted by molar-refractivity contribution is 9.10. The lowest BCUT2D eigenvalue weighted by Crippen LogP contribution is -2.56. The molecule has 1 heterocycles. The Morgan fingerprint density at radius 2 is 1.72 bits per heavy atom. The fraction of sp³-hybridized carbons (Fsp3) is 0.625. The molecule has 1 spiro atoms. The second-order valence-corrected chi connectivity index (χ2v) is 7.12. The first-order valence-corrected chi connectivity index (χ1v) is 7.99. The normalized spacial score (nSPS) is 22.7. The number of rotatable bonds is 1. The van der Waals surface area contributed by atoms with Crippen molar-refractivity contribution in [3.05, 3.63) is 28.2 Å². The van der Waals surface area contributed by atoms with Gasteiger partial charge in [-0.2, -0.15) is 0 Å². The largest absolute Gasteiger partial charge is 0.370 e. The van der Waals surface area contributed by atoms with Gasteiger partial charge in [-0.25, -0.2) is 0 Å². The Kier molecular flexibility index (Phi) is 3.40. The molecule has 0 atom stereocenters. The number of nitrogens with zero attached hydrogens (tertiary/aromatic N) is 1. The Hall–Kier alpha value is -0.500. The molecule has 0 N–H and O–H groups in total. The van der Waals surface area contributed by atoms with Crippen molar-refractivity contribution in [3.8, 4) is 0 Å². The van der Waals surface area contributed by atoms with E-state index in [2.05, 4.69) is 46.0 Å². The second-order valence-electron chi connectivity index (χ2n) is 6.20. The van der Waals surface area contributed by atoms with E-state index < -0.39 is 0 Å². The first-order valence-electron chi connectivity index (χ1n) is 7.20. The third-order valence-corrected chi connectivity index (χ3v) is 5.21. The van der Waals surface area contributed by atoms with Crippen molar-refractivity contribution < 1.29 is 0 Å². The summed E-state index contributed by atoms with van der Waals surface area (Å²) in [6.45, 7) is 4.79. The van der Waals surface area contributed by atoms with Gasteiger partial charge in [-0.05, 0) is 43.5 Å². The van der Waals surface area contributed by atoms with Crippen molar-refractivity contribution in [2.24, 2.45) is 5.41 Å². The standard InChI is InChI=1S/C16H22BrN/c1-13-10-14(17)6-7-15(13)18-11-16(12-18)8-4-2-3-5-9-16/h6-7,10H,2-5,8-9,11-12H2,1H3. The molecule has 2 aliphatic rings. The molecular weight excluding hydrogens is 286 g/mol. The van der Waals surface area contributed by atoms with Gasteiger partial charge >= 0.3 is 0 Å². The fourth-order valence-electron chi connectivity index (χ4n) is 3.70. The summed E-state index contributed by atoms with van der Waals surface area (Å²) in [7, 11) is 0. The molecule has 1 aromatic rings.